The molecule has 27 heavy (non-hydrogen) atoms. The molecule has 0 aliphatic rings. The molecule has 2 aromatic carbocycles. The fourth-order valence-electron chi connectivity index (χ4n) is 2.54. The minimum Gasteiger partial charge on any atom is -0.497 e. The summed E-state index contributed by atoms with van der Waals surface area (Å²) in [6.07, 6.45) is 1.73. The van der Waals surface area contributed by atoms with E-state index in [1.807, 2.05) is 47.8 Å². The fraction of sp³-hybridized carbons (Fsp3) is 0.143. The first-order valence-electron chi connectivity index (χ1n) is 8.19. The molecule has 0 fully saturated rings. The molecule has 0 aliphatic heterocycles. The maximum atomic E-state index is 12.4. The van der Waals surface area contributed by atoms with Crippen molar-refractivity contribution >= 4 is 29.0 Å². The first-order valence-corrected chi connectivity index (χ1v) is 9.07. The Hall–Kier alpha value is -3.12. The summed E-state index contributed by atoms with van der Waals surface area (Å²) < 4.78 is 15.6. The first-order chi connectivity index (χ1) is 13.1. The molecule has 3 aromatic rings. The third-order valence-electron chi connectivity index (χ3n) is 3.89. The van der Waals surface area contributed by atoms with Gasteiger partial charge in [-0.1, -0.05) is 30.3 Å². The lowest BCUT2D eigenvalue weighted by Gasteiger charge is -2.07. The van der Waals surface area contributed by atoms with Gasteiger partial charge >= 0.3 is 5.97 Å². The smallest absolute Gasteiger partial charge is 0.340 e. The summed E-state index contributed by atoms with van der Waals surface area (Å²) in [5, 5.41) is 2.51. The second-order valence-electron chi connectivity index (χ2n) is 5.60. The molecule has 5 nitrogen and oxygen atoms in total. The van der Waals surface area contributed by atoms with Crippen molar-refractivity contribution in [3.8, 4) is 22.8 Å². The Labute approximate surface area is 161 Å². The monoisotopic (exact) mass is 381 g/mol. The van der Waals surface area contributed by atoms with E-state index in [0.29, 0.717) is 22.1 Å². The minimum atomic E-state index is -0.453. The van der Waals surface area contributed by atoms with Crippen molar-refractivity contribution in [2.75, 3.05) is 21.3 Å². The van der Waals surface area contributed by atoms with Crippen molar-refractivity contribution in [3.63, 3.8) is 0 Å². The zero-order valence-electron chi connectivity index (χ0n) is 15.3. The summed E-state index contributed by atoms with van der Waals surface area (Å²) in [5.41, 5.74) is 2.93. The van der Waals surface area contributed by atoms with E-state index < -0.39 is 5.97 Å². The van der Waals surface area contributed by atoms with Crippen molar-refractivity contribution < 1.29 is 19.0 Å². The van der Waals surface area contributed by atoms with Gasteiger partial charge in [-0.05, 0) is 23.8 Å². The molecule has 0 N–H and O–H groups in total. The number of carbonyl (C=O) groups is 1. The van der Waals surface area contributed by atoms with Gasteiger partial charge in [0.2, 0.25) is 0 Å². The van der Waals surface area contributed by atoms with Crippen LogP contribution in [-0.4, -0.2) is 32.3 Å². The van der Waals surface area contributed by atoms with Crippen molar-refractivity contribution in [3.05, 3.63) is 64.5 Å². The molecule has 0 aliphatic carbocycles. The maximum absolute atomic E-state index is 12.4. The Kier molecular flexibility index (Phi) is 5.88. The molecule has 0 spiro atoms. The molecule has 0 unspecified atom stereocenters. The van der Waals surface area contributed by atoms with Crippen LogP contribution in [0.2, 0.25) is 0 Å². The summed E-state index contributed by atoms with van der Waals surface area (Å²) >= 11 is 1.39. The van der Waals surface area contributed by atoms with Gasteiger partial charge in [-0.25, -0.2) is 9.78 Å². The Morgan fingerprint density at radius 2 is 1.67 bits per heavy atom. The van der Waals surface area contributed by atoms with E-state index in [0.717, 1.165) is 16.8 Å². The number of rotatable bonds is 6. The summed E-state index contributed by atoms with van der Waals surface area (Å²) in [4.78, 5) is 17.0. The van der Waals surface area contributed by atoms with Gasteiger partial charge in [-0.3, -0.25) is 0 Å². The van der Waals surface area contributed by atoms with Crippen LogP contribution < -0.4 is 9.47 Å². The van der Waals surface area contributed by atoms with Crippen LogP contribution in [0.4, 0.5) is 0 Å². The van der Waals surface area contributed by atoms with Crippen molar-refractivity contribution in [1.29, 1.82) is 0 Å². The zero-order chi connectivity index (χ0) is 19.2. The van der Waals surface area contributed by atoms with E-state index >= 15 is 0 Å². The first kappa shape index (κ1) is 18.7. The average molecular weight is 381 g/mol. The predicted molar refractivity (Wildman–Crippen MR) is 107 cm³/mol. The van der Waals surface area contributed by atoms with E-state index in [4.69, 9.17) is 14.2 Å². The fourth-order valence-corrected chi connectivity index (χ4v) is 3.37. The molecule has 0 amide bonds. The number of esters is 1. The Morgan fingerprint density at radius 1 is 1.00 bits per heavy atom. The van der Waals surface area contributed by atoms with Crippen LogP contribution >= 0.6 is 11.3 Å². The van der Waals surface area contributed by atoms with Gasteiger partial charge in [0, 0.05) is 17.0 Å². The van der Waals surface area contributed by atoms with Gasteiger partial charge in [0.05, 0.1) is 32.6 Å². The molecule has 1 heterocycles. The number of benzene rings is 2. The average Bonchev–Trinajstić information content (AvgIpc) is 3.21. The van der Waals surface area contributed by atoms with E-state index in [1.54, 1.807) is 26.4 Å². The summed E-state index contributed by atoms with van der Waals surface area (Å²) in [5.74, 6) is 0.814. The quantitative estimate of drug-likeness (QED) is 0.463. The summed E-state index contributed by atoms with van der Waals surface area (Å²) in [6.45, 7) is 0. The lowest BCUT2D eigenvalue weighted by Crippen LogP contribution is -2.03. The van der Waals surface area contributed by atoms with Gasteiger partial charge in [0.25, 0.3) is 0 Å². The Bertz CT molecular complexity index is 941. The van der Waals surface area contributed by atoms with Crippen LogP contribution in [0.1, 0.15) is 10.6 Å². The largest absolute Gasteiger partial charge is 0.497 e. The third kappa shape index (κ3) is 4.35. The molecule has 1 aromatic heterocycles. The number of nitrogens with zero attached hydrogens (tertiary/aromatic N) is 1. The molecule has 0 saturated heterocycles. The van der Waals surface area contributed by atoms with Crippen LogP contribution in [0.25, 0.3) is 22.9 Å². The number of methoxy groups -OCH3 is 3. The summed E-state index contributed by atoms with van der Waals surface area (Å²) in [7, 11) is 4.51. The highest BCUT2D eigenvalue weighted by molar-refractivity contribution is 7.11. The molecular formula is C21H19NO4S. The van der Waals surface area contributed by atoms with Crippen LogP contribution in [0.3, 0.4) is 0 Å². The topological polar surface area (TPSA) is 57.7 Å². The van der Waals surface area contributed by atoms with Crippen molar-refractivity contribution in [1.82, 2.24) is 4.98 Å². The van der Waals surface area contributed by atoms with E-state index in [9.17, 15) is 4.79 Å². The van der Waals surface area contributed by atoms with Gasteiger partial charge in [0.1, 0.15) is 16.5 Å². The van der Waals surface area contributed by atoms with Crippen LogP contribution in [0.5, 0.6) is 11.5 Å². The van der Waals surface area contributed by atoms with Gasteiger partial charge in [-0.15, -0.1) is 11.3 Å². The maximum Gasteiger partial charge on any atom is 0.340 e. The lowest BCUT2D eigenvalue weighted by molar-refractivity contribution is -0.133. The minimum absolute atomic E-state index is 0.375. The highest BCUT2D eigenvalue weighted by Crippen LogP contribution is 2.30. The lowest BCUT2D eigenvalue weighted by atomic mass is 10.1. The second kappa shape index (κ2) is 8.51. The van der Waals surface area contributed by atoms with Gasteiger partial charge < -0.3 is 14.2 Å². The highest BCUT2D eigenvalue weighted by atomic mass is 32.1. The van der Waals surface area contributed by atoms with Gasteiger partial charge in [-0.2, -0.15) is 0 Å². The van der Waals surface area contributed by atoms with E-state index in [-0.39, 0.29) is 0 Å². The van der Waals surface area contributed by atoms with Crippen LogP contribution in [0.15, 0.2) is 53.9 Å². The number of hydrogen-bond acceptors (Lipinski definition) is 6. The second-order valence-corrected chi connectivity index (χ2v) is 6.46. The van der Waals surface area contributed by atoms with Crippen LogP contribution in [0, 0.1) is 0 Å². The van der Waals surface area contributed by atoms with Gasteiger partial charge in [0.15, 0.2) is 0 Å². The molecule has 0 bridgehead atoms. The van der Waals surface area contributed by atoms with E-state index in [1.165, 1.54) is 18.4 Å². The zero-order valence-corrected chi connectivity index (χ0v) is 16.1. The van der Waals surface area contributed by atoms with Crippen molar-refractivity contribution in [2.24, 2.45) is 0 Å². The summed E-state index contributed by atoms with van der Waals surface area (Å²) in [6, 6.07) is 15.2. The number of hydrogen-bond donors (Lipinski definition) is 0. The highest BCUT2D eigenvalue weighted by Gasteiger charge is 2.17. The molecule has 138 valence electrons. The third-order valence-corrected chi connectivity index (χ3v) is 4.77. The predicted octanol–water partition coefficient (Wildman–Crippen LogP) is 4.54. The SMILES string of the molecule is COC(=O)/C(=C\c1cc(OC)cc(OC)c1)c1nc(-c2ccccc2)cs1. The molecule has 0 saturated carbocycles. The molecular weight excluding hydrogens is 362 g/mol. The molecule has 0 atom stereocenters. The number of ether oxygens (including phenoxy) is 3. The molecule has 0 radical (unpaired) electrons. The Balaban J connectivity index is 2.04. The number of aromatic nitrogens is 1. The van der Waals surface area contributed by atoms with Crippen molar-refractivity contribution in [2.45, 2.75) is 0 Å². The number of thiazole rings is 1. The van der Waals surface area contributed by atoms with Crippen LogP contribution in [-0.2, 0) is 9.53 Å². The normalized spacial score (nSPS) is 11.1. The molecule has 6 heteroatoms. The van der Waals surface area contributed by atoms with E-state index in [2.05, 4.69) is 4.98 Å². The standard InChI is InChI=1S/C21H19NO4S/c1-24-16-9-14(10-17(12-16)25-2)11-18(21(23)26-3)20-22-19(13-27-20)15-7-5-4-6-8-15/h4-13H,1-3H3/b18-11-. The Morgan fingerprint density at radius 3 is 2.26 bits per heavy atom. The molecule has 3 rings (SSSR count). The number of carbonyl (C=O) groups excluding carboxylic acids is 1.